The van der Waals surface area contributed by atoms with Crippen molar-refractivity contribution >= 4 is 23.4 Å². The van der Waals surface area contributed by atoms with Crippen LogP contribution in [0.1, 0.15) is 19.4 Å². The van der Waals surface area contributed by atoms with Gasteiger partial charge in [0.25, 0.3) is 5.22 Å². The second-order valence-electron chi connectivity index (χ2n) is 5.92. The van der Waals surface area contributed by atoms with Crippen LogP contribution in [0.3, 0.4) is 0 Å². The standard InChI is InChI=1S/C20H21N3O3S/c1-4-25-17-8-6-5-7-16(17)21-18(24)14(3)27-20-23-22-19(26-20)15-11-9-13(2)10-12-15/h5-12,14H,4H2,1-3H3,(H,21,24). The van der Waals surface area contributed by atoms with Crippen LogP contribution < -0.4 is 10.1 Å². The van der Waals surface area contributed by atoms with Crippen molar-refractivity contribution in [3.8, 4) is 17.2 Å². The van der Waals surface area contributed by atoms with Gasteiger partial charge in [-0.25, -0.2) is 0 Å². The first kappa shape index (κ1) is 19.0. The molecule has 0 aliphatic rings. The molecule has 2 aromatic carbocycles. The zero-order valence-electron chi connectivity index (χ0n) is 15.4. The van der Waals surface area contributed by atoms with Crippen LogP contribution in [-0.2, 0) is 4.79 Å². The summed E-state index contributed by atoms with van der Waals surface area (Å²) in [4.78, 5) is 12.5. The molecule has 1 amide bonds. The minimum Gasteiger partial charge on any atom is -0.492 e. The van der Waals surface area contributed by atoms with E-state index in [2.05, 4.69) is 15.5 Å². The van der Waals surface area contributed by atoms with E-state index in [0.29, 0.717) is 29.2 Å². The number of anilines is 1. The van der Waals surface area contributed by atoms with Crippen molar-refractivity contribution in [1.82, 2.24) is 10.2 Å². The number of thioether (sulfide) groups is 1. The van der Waals surface area contributed by atoms with E-state index in [-0.39, 0.29) is 5.91 Å². The number of carbonyl (C=O) groups excluding carboxylic acids is 1. The van der Waals surface area contributed by atoms with Crippen molar-refractivity contribution in [1.29, 1.82) is 0 Å². The summed E-state index contributed by atoms with van der Waals surface area (Å²) >= 11 is 1.22. The maximum atomic E-state index is 12.5. The average molecular weight is 383 g/mol. The molecule has 0 saturated carbocycles. The van der Waals surface area contributed by atoms with Crippen LogP contribution in [0.2, 0.25) is 0 Å². The van der Waals surface area contributed by atoms with Gasteiger partial charge in [0.1, 0.15) is 5.75 Å². The maximum Gasteiger partial charge on any atom is 0.277 e. The number of para-hydroxylation sites is 2. The first-order chi connectivity index (χ1) is 13.1. The summed E-state index contributed by atoms with van der Waals surface area (Å²) in [6, 6.07) is 15.2. The first-order valence-electron chi connectivity index (χ1n) is 8.66. The lowest BCUT2D eigenvalue weighted by Crippen LogP contribution is -2.22. The van der Waals surface area contributed by atoms with E-state index in [0.717, 1.165) is 11.1 Å². The van der Waals surface area contributed by atoms with Gasteiger partial charge in [0, 0.05) is 5.56 Å². The molecule has 3 aromatic rings. The third-order valence-electron chi connectivity index (χ3n) is 3.80. The third-order valence-corrected chi connectivity index (χ3v) is 4.73. The number of nitrogens with one attached hydrogen (secondary N) is 1. The van der Waals surface area contributed by atoms with Crippen LogP contribution in [0.15, 0.2) is 58.2 Å². The van der Waals surface area contributed by atoms with Crippen molar-refractivity contribution in [2.75, 3.05) is 11.9 Å². The lowest BCUT2D eigenvalue weighted by atomic mass is 10.1. The number of amides is 1. The first-order valence-corrected chi connectivity index (χ1v) is 9.54. The second-order valence-corrected chi connectivity index (χ2v) is 7.21. The molecular weight excluding hydrogens is 362 g/mol. The smallest absolute Gasteiger partial charge is 0.277 e. The zero-order valence-corrected chi connectivity index (χ0v) is 16.2. The quantitative estimate of drug-likeness (QED) is 0.603. The Kier molecular flexibility index (Phi) is 6.13. The summed E-state index contributed by atoms with van der Waals surface area (Å²) in [7, 11) is 0. The summed E-state index contributed by atoms with van der Waals surface area (Å²) in [5, 5.41) is 10.9. The molecule has 1 N–H and O–H groups in total. The zero-order chi connectivity index (χ0) is 19.2. The fraction of sp³-hybridized carbons (Fsp3) is 0.250. The van der Waals surface area contributed by atoms with Gasteiger partial charge in [-0.3, -0.25) is 4.79 Å². The molecule has 0 spiro atoms. The van der Waals surface area contributed by atoms with Crippen molar-refractivity contribution in [3.05, 3.63) is 54.1 Å². The van der Waals surface area contributed by atoms with Gasteiger partial charge in [0.2, 0.25) is 11.8 Å². The number of carbonyl (C=O) groups is 1. The summed E-state index contributed by atoms with van der Waals surface area (Å²) < 4.78 is 11.2. The molecular formula is C20H21N3O3S. The summed E-state index contributed by atoms with van der Waals surface area (Å²) in [5.74, 6) is 0.916. The highest BCUT2D eigenvalue weighted by Gasteiger charge is 2.20. The maximum absolute atomic E-state index is 12.5. The number of benzene rings is 2. The third kappa shape index (κ3) is 4.89. The Morgan fingerprint density at radius 2 is 1.93 bits per heavy atom. The number of hydrogen-bond acceptors (Lipinski definition) is 6. The Morgan fingerprint density at radius 1 is 1.19 bits per heavy atom. The van der Waals surface area contributed by atoms with Crippen LogP contribution in [0.5, 0.6) is 5.75 Å². The van der Waals surface area contributed by atoms with Gasteiger partial charge in [-0.05, 0) is 45.0 Å². The highest BCUT2D eigenvalue weighted by atomic mass is 32.2. The monoisotopic (exact) mass is 383 g/mol. The molecule has 0 aliphatic heterocycles. The highest BCUT2D eigenvalue weighted by molar-refractivity contribution is 8.00. The molecule has 0 saturated heterocycles. The predicted octanol–water partition coefficient (Wildman–Crippen LogP) is 4.56. The van der Waals surface area contributed by atoms with E-state index in [9.17, 15) is 4.79 Å². The van der Waals surface area contributed by atoms with Gasteiger partial charge in [0.15, 0.2) is 0 Å². The van der Waals surface area contributed by atoms with Crippen LogP contribution in [-0.4, -0.2) is 28.0 Å². The van der Waals surface area contributed by atoms with Crippen molar-refractivity contribution in [3.63, 3.8) is 0 Å². The Bertz CT molecular complexity index is 909. The molecule has 27 heavy (non-hydrogen) atoms. The van der Waals surface area contributed by atoms with Crippen LogP contribution in [0.25, 0.3) is 11.5 Å². The number of hydrogen-bond donors (Lipinski definition) is 1. The summed E-state index contributed by atoms with van der Waals surface area (Å²) in [6.45, 7) is 6.24. The van der Waals surface area contributed by atoms with E-state index < -0.39 is 5.25 Å². The van der Waals surface area contributed by atoms with E-state index in [4.69, 9.17) is 9.15 Å². The Hall–Kier alpha value is -2.80. The van der Waals surface area contributed by atoms with Crippen molar-refractivity contribution < 1.29 is 13.9 Å². The molecule has 6 nitrogen and oxygen atoms in total. The molecule has 3 rings (SSSR count). The topological polar surface area (TPSA) is 77.2 Å². The van der Waals surface area contributed by atoms with Crippen LogP contribution >= 0.6 is 11.8 Å². The van der Waals surface area contributed by atoms with Crippen molar-refractivity contribution in [2.45, 2.75) is 31.2 Å². The molecule has 0 bridgehead atoms. The number of aryl methyl sites for hydroxylation is 1. The molecule has 1 heterocycles. The fourth-order valence-corrected chi connectivity index (χ4v) is 3.04. The number of ether oxygens (including phenoxy) is 1. The molecule has 7 heteroatoms. The average Bonchev–Trinajstić information content (AvgIpc) is 3.12. The van der Waals surface area contributed by atoms with E-state index in [1.165, 1.54) is 11.8 Å². The van der Waals surface area contributed by atoms with E-state index in [1.807, 2.05) is 62.4 Å². The highest BCUT2D eigenvalue weighted by Crippen LogP contribution is 2.28. The predicted molar refractivity (Wildman–Crippen MR) is 106 cm³/mol. The molecule has 140 valence electrons. The normalized spacial score (nSPS) is 11.8. The number of aromatic nitrogens is 2. The Labute approximate surface area is 162 Å². The van der Waals surface area contributed by atoms with E-state index >= 15 is 0 Å². The Morgan fingerprint density at radius 3 is 2.67 bits per heavy atom. The van der Waals surface area contributed by atoms with Gasteiger partial charge >= 0.3 is 0 Å². The summed E-state index contributed by atoms with van der Waals surface area (Å²) in [6.07, 6.45) is 0. The minimum atomic E-state index is -0.411. The van der Waals surface area contributed by atoms with Crippen LogP contribution in [0.4, 0.5) is 5.69 Å². The largest absolute Gasteiger partial charge is 0.492 e. The van der Waals surface area contributed by atoms with E-state index in [1.54, 1.807) is 6.92 Å². The number of rotatable bonds is 7. The summed E-state index contributed by atoms with van der Waals surface area (Å²) in [5.41, 5.74) is 2.65. The van der Waals surface area contributed by atoms with Gasteiger partial charge in [-0.15, -0.1) is 10.2 Å². The van der Waals surface area contributed by atoms with Gasteiger partial charge in [-0.2, -0.15) is 0 Å². The second kappa shape index (κ2) is 8.73. The molecule has 1 unspecified atom stereocenters. The van der Waals surface area contributed by atoms with Gasteiger partial charge < -0.3 is 14.5 Å². The van der Waals surface area contributed by atoms with Gasteiger partial charge in [-0.1, -0.05) is 41.6 Å². The SMILES string of the molecule is CCOc1ccccc1NC(=O)C(C)Sc1nnc(-c2ccc(C)cc2)o1. The lowest BCUT2D eigenvalue weighted by Gasteiger charge is -2.13. The Balaban J connectivity index is 1.64. The molecule has 1 atom stereocenters. The fourth-order valence-electron chi connectivity index (χ4n) is 2.36. The lowest BCUT2D eigenvalue weighted by molar-refractivity contribution is -0.115. The number of nitrogens with zero attached hydrogens (tertiary/aromatic N) is 2. The molecule has 1 aromatic heterocycles. The molecule has 0 radical (unpaired) electrons. The van der Waals surface area contributed by atoms with Crippen molar-refractivity contribution in [2.24, 2.45) is 0 Å². The molecule has 0 fully saturated rings. The van der Waals surface area contributed by atoms with Crippen LogP contribution in [0, 0.1) is 6.92 Å². The van der Waals surface area contributed by atoms with Gasteiger partial charge in [0.05, 0.1) is 17.5 Å². The minimum absolute atomic E-state index is 0.165. The molecule has 0 aliphatic carbocycles.